The lowest BCUT2D eigenvalue weighted by Crippen LogP contribution is -2.60. The number of nitrogens with one attached hydrogen (secondary N) is 5. The second-order valence-corrected chi connectivity index (χ2v) is 34.4. The molecular weight excluding hydrogens is 1590 g/mol. The average molecular weight is 1680 g/mol. The van der Waals surface area contributed by atoms with Crippen LogP contribution in [0, 0.1) is 41.4 Å². The van der Waals surface area contributed by atoms with Crippen molar-refractivity contribution in [3.63, 3.8) is 0 Å². The number of hydrogen-bond donors (Lipinski definition) is 14. The first-order valence-corrected chi connectivity index (χ1v) is 40.4. The summed E-state index contributed by atoms with van der Waals surface area (Å²) in [6.45, 7) is 9.08. The van der Waals surface area contributed by atoms with Crippen LogP contribution in [0.25, 0.3) is 11.1 Å². The molecule has 6 heterocycles. The van der Waals surface area contributed by atoms with Gasteiger partial charge in [-0.2, -0.15) is 0 Å². The van der Waals surface area contributed by atoms with E-state index < -0.39 is 210 Å². The van der Waals surface area contributed by atoms with Crippen LogP contribution >= 0.6 is 23.2 Å². The number of benzene rings is 6. The number of aliphatic hydroxyl groups is 6. The zero-order chi connectivity index (χ0) is 85.7. The number of nitrogens with two attached hydrogens (primary N) is 1. The normalized spacial score (nSPS) is 27.8. The Balaban J connectivity index is 0.992. The van der Waals surface area contributed by atoms with E-state index in [1.807, 2.05) is 0 Å². The number of amides is 7. The summed E-state index contributed by atoms with van der Waals surface area (Å²) >= 11 is 14.3. The number of ether oxygens (including phenoxy) is 6. The fourth-order valence-corrected chi connectivity index (χ4v) is 18.2. The van der Waals surface area contributed by atoms with Crippen LogP contribution in [0.3, 0.4) is 0 Å². The summed E-state index contributed by atoms with van der Waals surface area (Å²) in [5.41, 5.74) is 3.73. The first-order chi connectivity index (χ1) is 56.4. The lowest BCUT2D eigenvalue weighted by Gasteiger charge is -2.54. The molecule has 4 saturated carbocycles. The van der Waals surface area contributed by atoms with Gasteiger partial charge in [0.2, 0.25) is 41.6 Å². The second kappa shape index (κ2) is 35.4. The molecular formula is C86H97Cl2N7O24. The number of phenolic OH excluding ortho intramolecular Hbond substituents is 2. The summed E-state index contributed by atoms with van der Waals surface area (Å²) in [4.78, 5) is 153. The summed E-state index contributed by atoms with van der Waals surface area (Å²) in [6, 6.07) is 13.7. The monoisotopic (exact) mass is 1680 g/mol. The topological polar surface area (TPSA) is 477 Å². The van der Waals surface area contributed by atoms with Crippen molar-refractivity contribution >= 4 is 82.3 Å². The average Bonchev–Trinajstić information content (AvgIpc) is 0.746. The summed E-state index contributed by atoms with van der Waals surface area (Å²) in [5, 5.41) is 107. The maximum atomic E-state index is 16.5. The molecule has 5 fully saturated rings. The highest BCUT2D eigenvalue weighted by atomic mass is 35.5. The Labute approximate surface area is 694 Å². The van der Waals surface area contributed by atoms with E-state index in [1.54, 1.807) is 71.9 Å². The number of likely N-dealkylation sites (N-methyl/N-ethyl adjacent to an activating group) is 1. The molecule has 6 aromatic rings. The van der Waals surface area contributed by atoms with Crippen LogP contribution in [-0.4, -0.2) is 173 Å². The molecule has 634 valence electrons. The smallest absolute Gasteiger partial charge is 0.413 e. The largest absolute Gasteiger partial charge is 0.507 e. The molecule has 0 aromatic heterocycles. The number of rotatable bonds is 16. The Bertz CT molecular complexity index is 4920. The number of fused-ring (bicyclic) bond motifs is 15. The van der Waals surface area contributed by atoms with Crippen molar-refractivity contribution in [3.8, 4) is 57.1 Å². The molecule has 15 atom stereocenters. The zero-order valence-electron chi connectivity index (χ0n) is 66.2. The van der Waals surface area contributed by atoms with Crippen molar-refractivity contribution in [2.75, 3.05) is 13.7 Å². The van der Waals surface area contributed by atoms with E-state index in [2.05, 4.69) is 26.6 Å². The van der Waals surface area contributed by atoms with E-state index in [4.69, 9.17) is 57.4 Å². The third-order valence-electron chi connectivity index (χ3n) is 23.5. The van der Waals surface area contributed by atoms with E-state index in [-0.39, 0.29) is 103 Å². The number of primary amides is 1. The highest BCUT2D eigenvalue weighted by Gasteiger charge is 2.51. The van der Waals surface area contributed by atoms with Crippen molar-refractivity contribution in [2.45, 2.75) is 196 Å². The van der Waals surface area contributed by atoms with Crippen molar-refractivity contribution < 1.29 is 117 Å². The molecule has 1 unspecified atom stereocenters. The van der Waals surface area contributed by atoms with Gasteiger partial charge >= 0.3 is 12.2 Å². The molecule has 0 spiro atoms. The highest BCUT2D eigenvalue weighted by Crippen LogP contribution is 2.58. The number of carbonyl (C=O) groups is 10. The number of aliphatic hydroxyl groups excluding tert-OH is 6. The minimum absolute atomic E-state index is 0.0302. The number of ketones is 3. The first kappa shape index (κ1) is 86.4. The third-order valence-corrected chi connectivity index (χ3v) is 24.1. The fourth-order valence-electron chi connectivity index (χ4n) is 17.7. The van der Waals surface area contributed by atoms with Gasteiger partial charge < -0.3 is 102 Å². The van der Waals surface area contributed by atoms with E-state index in [9.17, 15) is 60.0 Å². The second-order valence-electron chi connectivity index (χ2n) is 33.6. The SMILES string of the molecule is CC(C)C[C@H](C(=O)N[C@H]1C(=O)C[C@@H](CC(N)=O)C(=O)N[C@H]2C(=O)C[C@@H]3C(=O)N[C@H](C(=O)N[C@H](C(=O)CC4C5CC6CC(C5)CC4C6)c4cc(OC(=O)N[C@@H](C)c5ccccc5)cc(O)c4-c4cc3ccc4O)[C@H](O)c3ccc(c(Cl)c3)Oc3cc2cc(c3OC2O[C@H](CO)[C@@H](O)[C@H](O)[C@H]2O)Oc2ccc(cc2Cl)[C@H]1O)N(C)C(=O)OC(C)(C)C. The minimum atomic E-state index is -2.22. The van der Waals surface area contributed by atoms with Crippen LogP contribution in [0.4, 0.5) is 9.59 Å². The van der Waals surface area contributed by atoms with Crippen LogP contribution < -0.4 is 51.3 Å². The van der Waals surface area contributed by atoms with Crippen molar-refractivity contribution in [2.24, 2.45) is 47.2 Å². The van der Waals surface area contributed by atoms with E-state index in [0.29, 0.717) is 17.4 Å². The standard InChI is InChI=1S/C86H97Cl2N7O24/c1-37(2)19-56(95(7)85(113)119-86(4,5)6)81(110)93-71-59(99)28-48(31-67(89)102)79(108)91-69-47-29-64(115-62-17-14-43(73(71)103)26-54(62)87)78(118-83-77(107)76(106)75(105)66(36-96)117-83)65(30-47)116-63-18-15-44(27-55(63)88)74(104)72-82(111)92-70(61(101)34-50-45-21-39-20-40(23-45)24-46(50)22-39)53-32-49(114-84(112)90-38(3)41-11-9-8-10-12-41)33-58(98)68(53)52-25-42(13-16-57(52)97)51(35-60(69)100)80(109)94-72/h8-18,25-27,29-30,32-33,37-40,45-46,48,50-51,56,66,69-77,83,96-98,103-107H,19-24,28,31,34-36H2,1-7H3,(H2,89,102)(H,90,112)(H,91,108)(H,92,111)(H,93,110)(H,94,109)/t38-,39?,40?,45?,46?,48-,50?,51-,56+,66+,69+,70-,71-,72-,73+,74+,75+,76-,77+,83?/m0/s1. The summed E-state index contributed by atoms with van der Waals surface area (Å²) in [6.07, 6.45) is -14.8. The van der Waals surface area contributed by atoms with Gasteiger partial charge in [0.05, 0.1) is 34.5 Å². The van der Waals surface area contributed by atoms with Gasteiger partial charge in [-0.15, -0.1) is 0 Å². The minimum Gasteiger partial charge on any atom is -0.507 e. The number of hydrogen-bond acceptors (Lipinski definition) is 24. The molecule has 15 N–H and O–H groups in total. The fraction of sp³-hybridized carbons (Fsp3) is 0.465. The lowest BCUT2D eigenvalue weighted by molar-refractivity contribution is -0.277. The van der Waals surface area contributed by atoms with Crippen molar-refractivity contribution in [1.29, 1.82) is 0 Å². The van der Waals surface area contributed by atoms with E-state index >= 15 is 28.8 Å². The van der Waals surface area contributed by atoms with Crippen LogP contribution in [-0.2, 0) is 47.8 Å². The number of nitrogens with zero attached hydrogens (tertiary/aromatic N) is 1. The summed E-state index contributed by atoms with van der Waals surface area (Å²) in [7, 11) is 1.29. The molecule has 7 amide bonds. The molecule has 33 heteroatoms. The van der Waals surface area contributed by atoms with Crippen LogP contribution in [0.15, 0.2) is 109 Å². The van der Waals surface area contributed by atoms with Gasteiger partial charge in [-0.3, -0.25) is 43.3 Å². The predicted molar refractivity (Wildman–Crippen MR) is 425 cm³/mol. The Hall–Kier alpha value is -10.5. The molecule has 15 bridgehead atoms. The maximum absolute atomic E-state index is 16.5. The Morgan fingerprint density at radius 1 is 0.664 bits per heavy atom. The van der Waals surface area contributed by atoms with E-state index in [0.717, 1.165) is 73.4 Å². The molecule has 0 radical (unpaired) electrons. The van der Waals surface area contributed by atoms with Crippen molar-refractivity contribution in [3.05, 3.63) is 153 Å². The van der Waals surface area contributed by atoms with E-state index in [1.165, 1.54) is 49.5 Å². The van der Waals surface area contributed by atoms with Gasteiger partial charge in [0.15, 0.2) is 28.8 Å². The van der Waals surface area contributed by atoms with Gasteiger partial charge in [-0.1, -0.05) is 85.6 Å². The van der Waals surface area contributed by atoms with Crippen molar-refractivity contribution in [1.82, 2.24) is 31.5 Å². The summed E-state index contributed by atoms with van der Waals surface area (Å²) < 4.78 is 37.0. The van der Waals surface area contributed by atoms with Gasteiger partial charge in [-0.25, -0.2) is 9.59 Å². The predicted octanol–water partition coefficient (Wildman–Crippen LogP) is 8.58. The number of Topliss-reactive ketones (excluding diaryl/α,β-unsaturated/α-hetero) is 3. The number of halogens is 2. The highest BCUT2D eigenvalue weighted by molar-refractivity contribution is 6.32. The molecule has 6 aromatic carbocycles. The van der Waals surface area contributed by atoms with Crippen LogP contribution in [0.5, 0.6) is 46.0 Å². The van der Waals surface area contributed by atoms with Gasteiger partial charge in [0.25, 0.3) is 0 Å². The molecule has 16 rings (SSSR count). The first-order valence-electron chi connectivity index (χ1n) is 39.6. The van der Waals surface area contributed by atoms with Gasteiger partial charge in [0, 0.05) is 49.9 Å². The molecule has 31 nitrogen and oxygen atoms in total. The van der Waals surface area contributed by atoms with Crippen LogP contribution in [0.2, 0.25) is 10.0 Å². The lowest BCUT2D eigenvalue weighted by atomic mass is 9.51. The van der Waals surface area contributed by atoms with Gasteiger partial charge in [-0.05, 0) is 190 Å². The molecule has 6 aliphatic heterocycles. The number of carbonyl (C=O) groups excluding carboxylic acids is 10. The summed E-state index contributed by atoms with van der Waals surface area (Å²) in [5.74, 6) is -16.1. The van der Waals surface area contributed by atoms with Gasteiger partial charge in [0.1, 0.15) is 101 Å². The molecule has 10 aliphatic rings. The third kappa shape index (κ3) is 18.9. The maximum Gasteiger partial charge on any atom is 0.413 e. The van der Waals surface area contributed by atoms with Crippen LogP contribution in [0.1, 0.15) is 175 Å². The Morgan fingerprint density at radius 3 is 1.88 bits per heavy atom. The number of aromatic hydroxyl groups is 2. The number of phenols is 2. The molecule has 119 heavy (non-hydrogen) atoms. The quantitative estimate of drug-likeness (QED) is 0.0431. The Morgan fingerprint density at radius 2 is 1.29 bits per heavy atom. The molecule has 4 aliphatic carbocycles. The molecule has 1 saturated heterocycles. The zero-order valence-corrected chi connectivity index (χ0v) is 67.7. The Kier molecular flexibility index (Phi) is 25.7.